The zero-order valence-electron chi connectivity index (χ0n) is 11.9. The van der Waals surface area contributed by atoms with Gasteiger partial charge in [-0.15, -0.1) is 0 Å². The molecule has 0 saturated carbocycles. The number of nitrogens with zero attached hydrogens (tertiary/aromatic N) is 1. The summed E-state index contributed by atoms with van der Waals surface area (Å²) < 4.78 is 5.21. The van der Waals surface area contributed by atoms with E-state index in [0.29, 0.717) is 5.56 Å². The molecule has 0 aliphatic rings. The van der Waals surface area contributed by atoms with Crippen LogP contribution in [0.15, 0.2) is 54.9 Å². The molecule has 2 aromatic heterocycles. The molecule has 0 aliphatic carbocycles. The molecular formula is C17H14N2O3. The third-order valence-corrected chi connectivity index (χ3v) is 3.38. The molecule has 110 valence electrons. The fourth-order valence-corrected chi connectivity index (χ4v) is 2.25. The number of ether oxygens (including phenoxy) is 1. The number of carbonyl (C=O) groups is 2. The van der Waals surface area contributed by atoms with Crippen molar-refractivity contribution in [2.75, 3.05) is 0 Å². The van der Waals surface area contributed by atoms with Gasteiger partial charge in [-0.2, -0.15) is 0 Å². The molecule has 1 N–H and O–H groups in total. The van der Waals surface area contributed by atoms with Crippen LogP contribution in [0.25, 0.3) is 10.9 Å². The van der Waals surface area contributed by atoms with E-state index in [2.05, 4.69) is 9.97 Å². The lowest BCUT2D eigenvalue weighted by Crippen LogP contribution is -2.24. The number of ketones is 1. The predicted octanol–water partition coefficient (Wildman–Crippen LogP) is 2.99. The van der Waals surface area contributed by atoms with Crippen molar-refractivity contribution in [2.24, 2.45) is 0 Å². The van der Waals surface area contributed by atoms with E-state index >= 15 is 0 Å². The average molecular weight is 294 g/mol. The topological polar surface area (TPSA) is 72.0 Å². The highest BCUT2D eigenvalue weighted by Gasteiger charge is 2.23. The number of H-pyrrole nitrogens is 1. The van der Waals surface area contributed by atoms with Crippen molar-refractivity contribution >= 4 is 22.7 Å². The van der Waals surface area contributed by atoms with Crippen molar-refractivity contribution in [1.82, 2.24) is 9.97 Å². The SMILES string of the molecule is C[C@@H](OC(=O)c1ccccn1)C(=O)c1c[nH]c2ccccc12. The molecular weight excluding hydrogens is 280 g/mol. The lowest BCUT2D eigenvalue weighted by Gasteiger charge is -2.11. The van der Waals surface area contributed by atoms with Crippen molar-refractivity contribution in [3.05, 3.63) is 66.1 Å². The molecule has 0 bridgehead atoms. The summed E-state index contributed by atoms with van der Waals surface area (Å²) in [6.07, 6.45) is 2.26. The average Bonchev–Trinajstić information content (AvgIpc) is 2.99. The Balaban J connectivity index is 1.79. The number of aromatic amines is 1. The molecule has 1 atom stereocenters. The summed E-state index contributed by atoms with van der Waals surface area (Å²) in [6, 6.07) is 12.4. The quantitative estimate of drug-likeness (QED) is 0.593. The second-order valence-corrected chi connectivity index (χ2v) is 4.87. The van der Waals surface area contributed by atoms with Crippen LogP contribution in [0.3, 0.4) is 0 Å². The van der Waals surface area contributed by atoms with E-state index in [0.717, 1.165) is 10.9 Å². The number of nitrogens with one attached hydrogen (secondary N) is 1. The maximum atomic E-state index is 12.5. The Kier molecular flexibility index (Phi) is 3.70. The molecule has 0 amide bonds. The van der Waals surface area contributed by atoms with Crippen LogP contribution in [-0.2, 0) is 4.74 Å². The Labute approximate surface area is 126 Å². The van der Waals surface area contributed by atoms with E-state index in [1.807, 2.05) is 24.3 Å². The summed E-state index contributed by atoms with van der Waals surface area (Å²) in [6.45, 7) is 1.56. The van der Waals surface area contributed by atoms with Crippen LogP contribution in [0.1, 0.15) is 27.8 Å². The van der Waals surface area contributed by atoms with Gasteiger partial charge in [-0.3, -0.25) is 4.79 Å². The van der Waals surface area contributed by atoms with Gasteiger partial charge in [0.25, 0.3) is 0 Å². The van der Waals surface area contributed by atoms with Crippen LogP contribution in [0, 0.1) is 0 Å². The lowest BCUT2D eigenvalue weighted by atomic mass is 10.1. The summed E-state index contributed by atoms with van der Waals surface area (Å²) in [7, 11) is 0. The number of rotatable bonds is 4. The first-order valence-corrected chi connectivity index (χ1v) is 6.89. The third kappa shape index (κ3) is 2.61. The van der Waals surface area contributed by atoms with Crippen LogP contribution < -0.4 is 0 Å². The van der Waals surface area contributed by atoms with Crippen molar-refractivity contribution in [3.63, 3.8) is 0 Å². The van der Waals surface area contributed by atoms with Crippen LogP contribution >= 0.6 is 0 Å². The van der Waals surface area contributed by atoms with Crippen LogP contribution in [0.4, 0.5) is 0 Å². The minimum atomic E-state index is -0.881. The number of para-hydroxylation sites is 1. The molecule has 0 spiro atoms. The van der Waals surface area contributed by atoms with Crippen molar-refractivity contribution in [1.29, 1.82) is 0 Å². The second kappa shape index (κ2) is 5.81. The van der Waals surface area contributed by atoms with Gasteiger partial charge in [0, 0.05) is 28.9 Å². The number of Topliss-reactive ketones (excluding diaryl/α,β-unsaturated/α-hetero) is 1. The highest BCUT2D eigenvalue weighted by atomic mass is 16.5. The second-order valence-electron chi connectivity index (χ2n) is 4.87. The summed E-state index contributed by atoms with van der Waals surface area (Å²) in [5.41, 5.74) is 1.56. The smallest absolute Gasteiger partial charge is 0.357 e. The minimum Gasteiger partial charge on any atom is -0.450 e. The number of carbonyl (C=O) groups excluding carboxylic acids is 2. The fraction of sp³-hybridized carbons (Fsp3) is 0.118. The van der Waals surface area contributed by atoms with Gasteiger partial charge in [0.15, 0.2) is 6.10 Å². The summed E-state index contributed by atoms with van der Waals surface area (Å²) >= 11 is 0. The Bertz CT molecular complexity index is 824. The molecule has 3 aromatic rings. The first kappa shape index (κ1) is 14.0. The molecule has 0 saturated heterocycles. The lowest BCUT2D eigenvalue weighted by molar-refractivity contribution is 0.0313. The van der Waals surface area contributed by atoms with Gasteiger partial charge in [-0.25, -0.2) is 9.78 Å². The molecule has 0 aliphatic heterocycles. The summed E-state index contributed by atoms with van der Waals surface area (Å²) in [5.74, 6) is -0.858. The number of hydrogen-bond acceptors (Lipinski definition) is 4. The van der Waals surface area contributed by atoms with Gasteiger partial charge in [0.05, 0.1) is 0 Å². The van der Waals surface area contributed by atoms with Gasteiger partial charge in [-0.05, 0) is 25.1 Å². The number of aromatic nitrogens is 2. The van der Waals surface area contributed by atoms with Gasteiger partial charge in [0.2, 0.25) is 5.78 Å². The molecule has 0 fully saturated rings. The zero-order valence-corrected chi connectivity index (χ0v) is 11.9. The first-order chi connectivity index (χ1) is 10.7. The standard InChI is InChI=1S/C17H14N2O3/c1-11(22-17(21)15-8-4-5-9-18-15)16(20)13-10-19-14-7-3-2-6-12(13)14/h2-11,19H,1H3/t11-/m1/s1. The van der Waals surface area contributed by atoms with Gasteiger partial charge in [0.1, 0.15) is 5.69 Å². The summed E-state index contributed by atoms with van der Waals surface area (Å²) in [5, 5.41) is 0.813. The van der Waals surface area contributed by atoms with Gasteiger partial charge in [-0.1, -0.05) is 24.3 Å². The number of benzene rings is 1. The van der Waals surface area contributed by atoms with Crippen molar-refractivity contribution in [3.8, 4) is 0 Å². The van der Waals surface area contributed by atoms with E-state index < -0.39 is 12.1 Å². The fourth-order valence-electron chi connectivity index (χ4n) is 2.25. The monoisotopic (exact) mass is 294 g/mol. The van der Waals surface area contributed by atoms with Gasteiger partial charge < -0.3 is 9.72 Å². The maximum absolute atomic E-state index is 12.5. The molecule has 0 unspecified atom stereocenters. The van der Waals surface area contributed by atoms with Crippen LogP contribution in [0.2, 0.25) is 0 Å². The van der Waals surface area contributed by atoms with E-state index in [-0.39, 0.29) is 11.5 Å². The maximum Gasteiger partial charge on any atom is 0.357 e. The summed E-state index contributed by atoms with van der Waals surface area (Å²) in [4.78, 5) is 31.4. The van der Waals surface area contributed by atoms with Crippen LogP contribution in [-0.4, -0.2) is 27.8 Å². The first-order valence-electron chi connectivity index (χ1n) is 6.89. The third-order valence-electron chi connectivity index (χ3n) is 3.38. The molecule has 5 heteroatoms. The van der Waals surface area contributed by atoms with E-state index in [9.17, 15) is 9.59 Å². The molecule has 22 heavy (non-hydrogen) atoms. The molecule has 2 heterocycles. The number of hydrogen-bond donors (Lipinski definition) is 1. The van der Waals surface area contributed by atoms with Crippen LogP contribution in [0.5, 0.6) is 0 Å². The zero-order chi connectivity index (χ0) is 15.5. The van der Waals surface area contributed by atoms with E-state index in [1.54, 1.807) is 31.3 Å². The van der Waals surface area contributed by atoms with Crippen molar-refractivity contribution in [2.45, 2.75) is 13.0 Å². The normalized spacial score (nSPS) is 12.0. The van der Waals surface area contributed by atoms with E-state index in [4.69, 9.17) is 4.74 Å². The Morgan fingerprint density at radius 2 is 1.91 bits per heavy atom. The Hall–Kier alpha value is -2.95. The molecule has 1 aromatic carbocycles. The highest BCUT2D eigenvalue weighted by molar-refractivity contribution is 6.10. The molecule has 5 nitrogen and oxygen atoms in total. The molecule has 3 rings (SSSR count). The van der Waals surface area contributed by atoms with Gasteiger partial charge >= 0.3 is 5.97 Å². The Morgan fingerprint density at radius 3 is 2.68 bits per heavy atom. The predicted molar refractivity (Wildman–Crippen MR) is 81.7 cm³/mol. The largest absolute Gasteiger partial charge is 0.450 e. The Morgan fingerprint density at radius 1 is 1.14 bits per heavy atom. The van der Waals surface area contributed by atoms with E-state index in [1.165, 1.54) is 6.20 Å². The minimum absolute atomic E-state index is 0.182. The number of esters is 1. The number of fused-ring (bicyclic) bond motifs is 1. The number of pyridine rings is 1. The molecule has 0 radical (unpaired) electrons. The van der Waals surface area contributed by atoms with Crippen molar-refractivity contribution < 1.29 is 14.3 Å². The highest BCUT2D eigenvalue weighted by Crippen LogP contribution is 2.20.